The van der Waals surface area contributed by atoms with Crippen LogP contribution >= 0.6 is 22.9 Å². The van der Waals surface area contributed by atoms with Crippen molar-refractivity contribution in [1.82, 2.24) is 9.97 Å². The number of halogens is 1. The number of aromatic amines is 1. The van der Waals surface area contributed by atoms with E-state index in [-0.39, 0.29) is 0 Å². The summed E-state index contributed by atoms with van der Waals surface area (Å²) in [5.41, 5.74) is 2.94. The van der Waals surface area contributed by atoms with Gasteiger partial charge in [0.15, 0.2) is 0 Å². The number of fused-ring (bicyclic) bond motifs is 1. The van der Waals surface area contributed by atoms with E-state index in [0.717, 1.165) is 16.6 Å². The minimum Gasteiger partial charge on any atom is -0.358 e. The van der Waals surface area contributed by atoms with Gasteiger partial charge in [-0.1, -0.05) is 11.6 Å². The molecular formula is C12H9ClN2S. The lowest BCUT2D eigenvalue weighted by atomic mass is 10.2. The Bertz CT molecular complexity index is 654. The van der Waals surface area contributed by atoms with Crippen LogP contribution in [0.5, 0.6) is 0 Å². The summed E-state index contributed by atoms with van der Waals surface area (Å²) >= 11 is 7.75. The maximum Gasteiger partial charge on any atom is 0.107 e. The first-order valence-corrected chi connectivity index (χ1v) is 6.13. The highest BCUT2D eigenvalue weighted by atomic mass is 35.5. The number of thiophene rings is 1. The molecule has 0 aliphatic heterocycles. The molecule has 3 aromatic heterocycles. The van der Waals surface area contributed by atoms with Crippen molar-refractivity contribution in [1.29, 1.82) is 0 Å². The van der Waals surface area contributed by atoms with Gasteiger partial charge in [-0.05, 0) is 25.1 Å². The molecule has 0 aromatic carbocycles. The monoisotopic (exact) mass is 248 g/mol. The van der Waals surface area contributed by atoms with Crippen LogP contribution in [0.4, 0.5) is 0 Å². The summed E-state index contributed by atoms with van der Waals surface area (Å²) in [4.78, 5) is 10.0. The van der Waals surface area contributed by atoms with Crippen LogP contribution in [0.25, 0.3) is 21.5 Å². The van der Waals surface area contributed by atoms with Gasteiger partial charge in [-0.2, -0.15) is 0 Å². The molecule has 0 amide bonds. The van der Waals surface area contributed by atoms with Gasteiger partial charge in [0.2, 0.25) is 0 Å². The molecule has 3 heterocycles. The third kappa shape index (κ3) is 1.52. The molecule has 0 fully saturated rings. The van der Waals surface area contributed by atoms with Gasteiger partial charge >= 0.3 is 0 Å². The summed E-state index contributed by atoms with van der Waals surface area (Å²) in [6, 6.07) is 6.32. The fourth-order valence-electron chi connectivity index (χ4n) is 1.70. The second-order valence-corrected chi connectivity index (χ2v) is 5.36. The Kier molecular flexibility index (Phi) is 2.23. The predicted octanol–water partition coefficient (Wildman–Crippen LogP) is 4.25. The van der Waals surface area contributed by atoms with E-state index in [0.29, 0.717) is 5.02 Å². The molecule has 80 valence electrons. The van der Waals surface area contributed by atoms with Crippen molar-refractivity contribution in [3.8, 4) is 10.4 Å². The normalized spacial score (nSPS) is 11.1. The maximum absolute atomic E-state index is 5.98. The van der Waals surface area contributed by atoms with Gasteiger partial charge in [0.25, 0.3) is 0 Å². The van der Waals surface area contributed by atoms with E-state index in [9.17, 15) is 0 Å². The van der Waals surface area contributed by atoms with Crippen molar-refractivity contribution < 1.29 is 0 Å². The van der Waals surface area contributed by atoms with Gasteiger partial charge in [0.05, 0.1) is 10.5 Å². The van der Waals surface area contributed by atoms with Gasteiger partial charge in [-0.15, -0.1) is 11.3 Å². The molecule has 0 radical (unpaired) electrons. The van der Waals surface area contributed by atoms with Gasteiger partial charge in [0.1, 0.15) is 5.52 Å². The molecule has 0 aliphatic carbocycles. The van der Waals surface area contributed by atoms with Crippen molar-refractivity contribution >= 4 is 34.0 Å². The average Bonchev–Trinajstić information content (AvgIpc) is 2.86. The predicted molar refractivity (Wildman–Crippen MR) is 69.2 cm³/mol. The van der Waals surface area contributed by atoms with Crippen LogP contribution in [0.2, 0.25) is 5.02 Å². The molecule has 0 saturated heterocycles. The van der Waals surface area contributed by atoms with Gasteiger partial charge in [-0.3, -0.25) is 4.98 Å². The van der Waals surface area contributed by atoms with Crippen LogP contribution in [-0.4, -0.2) is 9.97 Å². The topological polar surface area (TPSA) is 28.7 Å². The molecule has 3 aromatic rings. The number of rotatable bonds is 1. The van der Waals surface area contributed by atoms with Crippen LogP contribution < -0.4 is 0 Å². The summed E-state index contributed by atoms with van der Waals surface area (Å²) in [6.45, 7) is 2.10. The van der Waals surface area contributed by atoms with Crippen molar-refractivity contribution in [2.45, 2.75) is 6.92 Å². The Balaban J connectivity index is 2.18. The van der Waals surface area contributed by atoms with Crippen molar-refractivity contribution in [3.05, 3.63) is 40.5 Å². The highest BCUT2D eigenvalue weighted by Gasteiger charge is 2.06. The summed E-state index contributed by atoms with van der Waals surface area (Å²) < 4.78 is 0. The Morgan fingerprint density at radius 2 is 2.25 bits per heavy atom. The van der Waals surface area contributed by atoms with Crippen molar-refractivity contribution in [3.63, 3.8) is 0 Å². The number of H-pyrrole nitrogens is 1. The van der Waals surface area contributed by atoms with Gasteiger partial charge < -0.3 is 4.98 Å². The zero-order valence-electron chi connectivity index (χ0n) is 8.62. The zero-order chi connectivity index (χ0) is 11.1. The number of hydrogen-bond acceptors (Lipinski definition) is 2. The molecule has 4 heteroatoms. The van der Waals surface area contributed by atoms with Crippen molar-refractivity contribution in [2.75, 3.05) is 0 Å². The molecular weight excluding hydrogens is 240 g/mol. The molecule has 16 heavy (non-hydrogen) atoms. The molecule has 1 N–H and O–H groups in total. The first-order chi connectivity index (χ1) is 7.74. The lowest BCUT2D eigenvalue weighted by molar-refractivity contribution is 1.41. The average molecular weight is 249 g/mol. The number of aromatic nitrogens is 2. The molecule has 3 rings (SSSR count). The van der Waals surface area contributed by atoms with E-state index in [1.165, 1.54) is 9.75 Å². The van der Waals surface area contributed by atoms with E-state index >= 15 is 0 Å². The van der Waals surface area contributed by atoms with Crippen LogP contribution in [0.1, 0.15) is 4.88 Å². The lowest BCUT2D eigenvalue weighted by Gasteiger charge is -1.97. The fourth-order valence-corrected chi connectivity index (χ4v) is 2.75. The smallest absolute Gasteiger partial charge is 0.107 e. The molecule has 0 aliphatic rings. The van der Waals surface area contributed by atoms with Gasteiger partial charge in [-0.25, -0.2) is 0 Å². The number of hydrogen-bond donors (Lipinski definition) is 1. The van der Waals surface area contributed by atoms with E-state index < -0.39 is 0 Å². The van der Waals surface area contributed by atoms with Crippen LogP contribution in [0, 0.1) is 6.92 Å². The fraction of sp³-hybridized carbons (Fsp3) is 0.0833. The van der Waals surface area contributed by atoms with E-state index in [4.69, 9.17) is 11.6 Å². The maximum atomic E-state index is 5.98. The summed E-state index contributed by atoms with van der Waals surface area (Å²) in [6.07, 6.45) is 3.63. The third-order valence-corrected chi connectivity index (χ3v) is 3.83. The lowest BCUT2D eigenvalue weighted by Crippen LogP contribution is -1.78. The van der Waals surface area contributed by atoms with Crippen LogP contribution in [0.15, 0.2) is 30.6 Å². The first kappa shape index (κ1) is 9.87. The SMILES string of the molecule is Cc1ccc(-c2cnc3c(Cl)c[nH]c3c2)s1. The Morgan fingerprint density at radius 3 is 3.00 bits per heavy atom. The first-order valence-electron chi connectivity index (χ1n) is 4.93. The second kappa shape index (κ2) is 3.61. The molecule has 2 nitrogen and oxygen atoms in total. The Morgan fingerprint density at radius 1 is 1.38 bits per heavy atom. The second-order valence-electron chi connectivity index (χ2n) is 3.67. The number of pyridine rings is 1. The highest BCUT2D eigenvalue weighted by Crippen LogP contribution is 2.30. The molecule has 0 bridgehead atoms. The minimum absolute atomic E-state index is 0.670. The number of aryl methyl sites for hydroxylation is 1. The van der Waals surface area contributed by atoms with E-state index in [2.05, 4.69) is 35.1 Å². The highest BCUT2D eigenvalue weighted by molar-refractivity contribution is 7.15. The summed E-state index contributed by atoms with van der Waals surface area (Å²) in [7, 11) is 0. The zero-order valence-corrected chi connectivity index (χ0v) is 10.2. The molecule has 0 spiro atoms. The number of nitrogens with zero attached hydrogens (tertiary/aromatic N) is 1. The van der Waals surface area contributed by atoms with Crippen LogP contribution in [0.3, 0.4) is 0 Å². The number of nitrogens with one attached hydrogen (secondary N) is 1. The van der Waals surface area contributed by atoms with Gasteiger partial charge in [0, 0.05) is 27.7 Å². The summed E-state index contributed by atoms with van der Waals surface area (Å²) in [5.74, 6) is 0. The van der Waals surface area contributed by atoms with E-state index in [1.54, 1.807) is 17.5 Å². The summed E-state index contributed by atoms with van der Waals surface area (Å²) in [5, 5.41) is 0.670. The molecule has 0 saturated carbocycles. The third-order valence-electron chi connectivity index (χ3n) is 2.49. The van der Waals surface area contributed by atoms with Crippen LogP contribution in [-0.2, 0) is 0 Å². The molecule has 0 unspecified atom stereocenters. The quantitative estimate of drug-likeness (QED) is 0.685. The minimum atomic E-state index is 0.670. The molecule has 0 atom stereocenters. The Labute approximate surface area is 102 Å². The largest absolute Gasteiger partial charge is 0.358 e. The Hall–Kier alpha value is -1.32. The standard InChI is InChI=1S/C12H9ClN2S/c1-7-2-3-11(16-7)8-4-10-12(15-5-8)9(13)6-14-10/h2-6,14H,1H3. The van der Waals surface area contributed by atoms with E-state index in [1.807, 2.05) is 6.20 Å². The van der Waals surface area contributed by atoms with Crippen molar-refractivity contribution in [2.24, 2.45) is 0 Å².